The second kappa shape index (κ2) is 7.38. The van der Waals surface area contributed by atoms with Gasteiger partial charge in [-0.1, -0.05) is 71.4 Å². The molecule has 0 saturated heterocycles. The van der Waals surface area contributed by atoms with Gasteiger partial charge in [0.25, 0.3) is 0 Å². The molecule has 1 aliphatic carbocycles. The van der Waals surface area contributed by atoms with Gasteiger partial charge in [0.05, 0.1) is 10.2 Å². The van der Waals surface area contributed by atoms with Crippen molar-refractivity contribution < 1.29 is 9.59 Å². The summed E-state index contributed by atoms with van der Waals surface area (Å²) >= 11 is 5.07. The molecule has 0 N–H and O–H groups in total. The number of aromatic nitrogens is 1. The first-order chi connectivity index (χ1) is 14.7. The summed E-state index contributed by atoms with van der Waals surface area (Å²) in [6, 6.07) is 14.0. The van der Waals surface area contributed by atoms with Crippen molar-refractivity contribution in [3.05, 3.63) is 69.3 Å². The predicted octanol–water partition coefficient (Wildman–Crippen LogP) is 6.53. The maximum atomic E-state index is 13.5. The Morgan fingerprint density at radius 1 is 1.13 bits per heavy atom. The summed E-state index contributed by atoms with van der Waals surface area (Å²) in [4.78, 5) is 33.5. The van der Waals surface area contributed by atoms with Crippen molar-refractivity contribution in [2.24, 2.45) is 5.41 Å². The van der Waals surface area contributed by atoms with Crippen LogP contribution in [-0.4, -0.2) is 16.7 Å². The van der Waals surface area contributed by atoms with Gasteiger partial charge in [0.2, 0.25) is 5.91 Å². The van der Waals surface area contributed by atoms with Crippen LogP contribution in [-0.2, 0) is 9.59 Å². The zero-order valence-corrected chi connectivity index (χ0v) is 20.1. The third kappa shape index (κ3) is 3.56. The molecule has 158 valence electrons. The maximum absolute atomic E-state index is 13.5. The second-order valence-corrected chi connectivity index (χ2v) is 11.2. The molecule has 0 fully saturated rings. The molecule has 1 aliphatic heterocycles. The molecule has 1 amide bonds. The molecule has 4 nitrogen and oxygen atoms in total. The molecule has 3 aromatic rings. The predicted molar refractivity (Wildman–Crippen MR) is 128 cm³/mol. The standard InChI is InChI=1S/C25H23BrN2O2S/c1-14-9-16(26)10-20-23(14)27-24(31-20)28-18-12-25(2,3)13-19(29)22(18)17(11-21(28)30)15-7-5-4-6-8-15/h4-10,17H,11-13H2,1-3H3. The third-order valence-corrected chi connectivity index (χ3v) is 7.62. The number of benzene rings is 2. The summed E-state index contributed by atoms with van der Waals surface area (Å²) in [7, 11) is 0. The fraction of sp³-hybridized carbons (Fsp3) is 0.320. The lowest BCUT2D eigenvalue weighted by atomic mass is 9.69. The van der Waals surface area contributed by atoms with E-state index in [1.165, 1.54) is 11.3 Å². The number of Topliss-reactive ketones (excluding diaryl/α,β-unsaturated/α-hetero) is 1. The highest BCUT2D eigenvalue weighted by atomic mass is 79.9. The Morgan fingerprint density at radius 3 is 2.61 bits per heavy atom. The number of fused-ring (bicyclic) bond motifs is 1. The van der Waals surface area contributed by atoms with E-state index in [2.05, 4.69) is 29.8 Å². The van der Waals surface area contributed by atoms with Crippen molar-refractivity contribution in [2.75, 3.05) is 4.90 Å². The quantitative estimate of drug-likeness (QED) is 0.406. The number of halogens is 1. The molecular weight excluding hydrogens is 472 g/mol. The lowest BCUT2D eigenvalue weighted by Crippen LogP contribution is -2.43. The van der Waals surface area contributed by atoms with Gasteiger partial charge in [-0.25, -0.2) is 4.98 Å². The molecule has 0 radical (unpaired) electrons. The Balaban J connectivity index is 1.71. The van der Waals surface area contributed by atoms with Gasteiger partial charge < -0.3 is 0 Å². The maximum Gasteiger partial charge on any atom is 0.234 e. The fourth-order valence-electron chi connectivity index (χ4n) is 4.85. The molecule has 2 aromatic carbocycles. The summed E-state index contributed by atoms with van der Waals surface area (Å²) in [6.07, 6.45) is 1.47. The average Bonchev–Trinajstić information content (AvgIpc) is 3.10. The van der Waals surface area contributed by atoms with Crippen molar-refractivity contribution >= 4 is 54.3 Å². The van der Waals surface area contributed by atoms with Gasteiger partial charge >= 0.3 is 0 Å². The molecule has 0 spiro atoms. The number of nitrogens with zero attached hydrogens (tertiary/aromatic N) is 2. The minimum absolute atomic E-state index is 0.00822. The fourth-order valence-corrected chi connectivity index (χ4v) is 6.70. The molecule has 1 unspecified atom stereocenters. The number of carbonyl (C=O) groups is 2. The highest BCUT2D eigenvalue weighted by Gasteiger charge is 2.45. The molecule has 31 heavy (non-hydrogen) atoms. The Morgan fingerprint density at radius 2 is 1.87 bits per heavy atom. The van der Waals surface area contributed by atoms with Crippen LogP contribution in [0.5, 0.6) is 0 Å². The lowest BCUT2D eigenvalue weighted by Gasteiger charge is -2.42. The summed E-state index contributed by atoms with van der Waals surface area (Å²) in [6.45, 7) is 6.23. The smallest absolute Gasteiger partial charge is 0.234 e. The highest BCUT2D eigenvalue weighted by molar-refractivity contribution is 9.10. The van der Waals surface area contributed by atoms with Gasteiger partial charge in [0, 0.05) is 34.5 Å². The minimum atomic E-state index is -0.192. The van der Waals surface area contributed by atoms with Crippen LogP contribution in [0.25, 0.3) is 10.2 Å². The third-order valence-electron chi connectivity index (χ3n) is 6.18. The van der Waals surface area contributed by atoms with E-state index in [0.717, 1.165) is 37.1 Å². The molecule has 1 atom stereocenters. The van der Waals surface area contributed by atoms with Crippen LogP contribution in [0.15, 0.2) is 58.2 Å². The van der Waals surface area contributed by atoms with E-state index in [-0.39, 0.29) is 29.4 Å². The first-order valence-electron chi connectivity index (χ1n) is 10.4. The summed E-state index contributed by atoms with van der Waals surface area (Å²) in [5, 5.41) is 0.658. The Kier molecular flexibility index (Phi) is 4.90. The van der Waals surface area contributed by atoms with E-state index in [0.29, 0.717) is 18.0 Å². The van der Waals surface area contributed by atoms with Crippen LogP contribution < -0.4 is 4.90 Å². The van der Waals surface area contributed by atoms with Crippen LogP contribution in [0.1, 0.15) is 50.2 Å². The summed E-state index contributed by atoms with van der Waals surface area (Å²) in [5.74, 6) is -0.0275. The largest absolute Gasteiger partial charge is 0.294 e. The van der Waals surface area contributed by atoms with Crippen LogP contribution >= 0.6 is 27.3 Å². The number of aryl methyl sites for hydroxylation is 1. The number of ketones is 1. The van der Waals surface area contributed by atoms with Crippen molar-refractivity contribution in [2.45, 2.75) is 46.0 Å². The molecule has 2 aliphatic rings. The van der Waals surface area contributed by atoms with Crippen LogP contribution in [0, 0.1) is 12.3 Å². The van der Waals surface area contributed by atoms with Gasteiger partial charge in [-0.3, -0.25) is 14.5 Å². The second-order valence-electron chi connectivity index (χ2n) is 9.26. The van der Waals surface area contributed by atoms with E-state index in [4.69, 9.17) is 4.98 Å². The number of thiazole rings is 1. The van der Waals surface area contributed by atoms with Crippen molar-refractivity contribution in [1.29, 1.82) is 0 Å². The number of amides is 1. The zero-order chi connectivity index (χ0) is 21.9. The summed E-state index contributed by atoms with van der Waals surface area (Å²) in [5.41, 5.74) is 4.44. The van der Waals surface area contributed by atoms with Gasteiger partial charge in [-0.15, -0.1) is 0 Å². The van der Waals surface area contributed by atoms with E-state index < -0.39 is 0 Å². The lowest BCUT2D eigenvalue weighted by molar-refractivity contribution is -0.121. The topological polar surface area (TPSA) is 50.3 Å². The van der Waals surface area contributed by atoms with E-state index in [9.17, 15) is 9.59 Å². The van der Waals surface area contributed by atoms with Gasteiger partial charge in [-0.2, -0.15) is 0 Å². The molecule has 5 rings (SSSR count). The number of hydrogen-bond donors (Lipinski definition) is 0. The number of allylic oxidation sites excluding steroid dienone is 2. The first-order valence-corrected chi connectivity index (χ1v) is 12.1. The van der Waals surface area contributed by atoms with Gasteiger partial charge in [-0.05, 0) is 42.0 Å². The monoisotopic (exact) mass is 494 g/mol. The molecule has 1 aromatic heterocycles. The van der Waals surface area contributed by atoms with Crippen molar-refractivity contribution in [3.8, 4) is 0 Å². The normalized spacial score (nSPS) is 21.0. The molecular formula is C25H23BrN2O2S. The minimum Gasteiger partial charge on any atom is -0.294 e. The van der Waals surface area contributed by atoms with E-state index >= 15 is 0 Å². The Labute approximate surface area is 194 Å². The van der Waals surface area contributed by atoms with Crippen LogP contribution in [0.4, 0.5) is 5.13 Å². The number of anilines is 1. The van der Waals surface area contributed by atoms with E-state index in [1.54, 1.807) is 4.90 Å². The van der Waals surface area contributed by atoms with Crippen LogP contribution in [0.2, 0.25) is 0 Å². The van der Waals surface area contributed by atoms with Crippen LogP contribution in [0.3, 0.4) is 0 Å². The van der Waals surface area contributed by atoms with E-state index in [1.807, 2.05) is 49.4 Å². The number of carbonyl (C=O) groups excluding carboxylic acids is 2. The molecule has 6 heteroatoms. The molecule has 2 heterocycles. The SMILES string of the molecule is Cc1cc(Br)cc2sc(N3C(=O)CC(c4ccccc4)C4=C3CC(C)(C)CC4=O)nc12. The van der Waals surface area contributed by atoms with Crippen molar-refractivity contribution in [3.63, 3.8) is 0 Å². The first kappa shape index (κ1) is 20.6. The number of rotatable bonds is 2. The summed E-state index contributed by atoms with van der Waals surface area (Å²) < 4.78 is 2.03. The van der Waals surface area contributed by atoms with Gasteiger partial charge in [0.15, 0.2) is 10.9 Å². The average molecular weight is 495 g/mol. The molecule has 0 bridgehead atoms. The highest BCUT2D eigenvalue weighted by Crippen LogP contribution is 2.49. The van der Waals surface area contributed by atoms with Crippen molar-refractivity contribution in [1.82, 2.24) is 4.98 Å². The molecule has 0 saturated carbocycles. The Bertz CT molecular complexity index is 1260. The van der Waals surface area contributed by atoms with Gasteiger partial charge in [0.1, 0.15) is 0 Å². The zero-order valence-electron chi connectivity index (χ0n) is 17.7. The Hall–Kier alpha value is -2.31. The number of hydrogen-bond acceptors (Lipinski definition) is 4.